The fourth-order valence-electron chi connectivity index (χ4n) is 8.67. The van der Waals surface area contributed by atoms with E-state index in [1.165, 1.54) is 64.7 Å². The lowest BCUT2D eigenvalue weighted by Gasteiger charge is -2.58. The normalized spacial score (nSPS) is 39.7. The van der Waals surface area contributed by atoms with Crippen molar-refractivity contribution in [1.29, 1.82) is 0 Å². The Morgan fingerprint density at radius 3 is 2.35 bits per heavy atom. The van der Waals surface area contributed by atoms with Crippen LogP contribution in [0.4, 0.5) is 0 Å². The fraction of sp³-hybridized carbons (Fsp3) is 0.844. The van der Waals surface area contributed by atoms with Crippen molar-refractivity contribution in [2.45, 2.75) is 125 Å². The van der Waals surface area contributed by atoms with E-state index in [9.17, 15) is 9.90 Å². The maximum atomic E-state index is 10.2. The molecule has 0 heterocycles. The first-order valence-electron chi connectivity index (χ1n) is 14.4. The number of fused-ring (bicyclic) bond motifs is 5. The van der Waals surface area contributed by atoms with Gasteiger partial charge in [0.2, 0.25) is 0 Å². The second-order valence-corrected chi connectivity index (χ2v) is 13.5. The highest BCUT2D eigenvalue weighted by molar-refractivity contribution is 5.91. The van der Waals surface area contributed by atoms with E-state index in [2.05, 4.69) is 47.3 Å². The second kappa shape index (κ2) is 11.0. The molecule has 0 bridgehead atoms. The van der Waals surface area contributed by atoms with Gasteiger partial charge >= 0.3 is 0 Å². The molecule has 34 heavy (non-hydrogen) atoms. The average molecular weight is 471 g/mol. The van der Waals surface area contributed by atoms with Crippen molar-refractivity contribution in [3.8, 4) is 0 Å². The Labute approximate surface area is 211 Å². The number of allylic oxidation sites excluding steroid dienone is 2. The molecule has 0 aromatic heterocycles. The molecule has 0 spiro atoms. The van der Waals surface area contributed by atoms with Crippen molar-refractivity contribution >= 4 is 5.78 Å². The summed E-state index contributed by atoms with van der Waals surface area (Å²) in [5.74, 6) is 5.52. The first-order valence-corrected chi connectivity index (χ1v) is 14.4. The van der Waals surface area contributed by atoms with Gasteiger partial charge < -0.3 is 5.11 Å². The number of rotatable bonds is 6. The molecule has 3 saturated carbocycles. The predicted octanol–water partition coefficient (Wildman–Crippen LogP) is 8.54. The fourth-order valence-corrected chi connectivity index (χ4v) is 8.67. The Bertz CT molecular complexity index is 751. The molecule has 0 amide bonds. The molecular formula is C32H54O2. The summed E-state index contributed by atoms with van der Waals surface area (Å²) in [4.78, 5) is 10.0. The Morgan fingerprint density at radius 2 is 1.74 bits per heavy atom. The molecule has 3 fully saturated rings. The van der Waals surface area contributed by atoms with E-state index in [0.717, 1.165) is 48.3 Å². The SMILES string of the molecule is C=C(C)C(C)=O.CC(C)CCCC(C)C1CCC2C3CC=C4CC(O)CCC4(C)C3CCC12C. The first kappa shape index (κ1) is 27.7. The lowest BCUT2D eigenvalue weighted by molar-refractivity contribution is -0.113. The highest BCUT2D eigenvalue weighted by atomic mass is 16.3. The molecule has 8 unspecified atom stereocenters. The van der Waals surface area contributed by atoms with Crippen LogP contribution in [-0.2, 0) is 4.79 Å². The Morgan fingerprint density at radius 1 is 1.06 bits per heavy atom. The molecule has 4 rings (SSSR count). The number of aliphatic hydroxyl groups excluding tert-OH is 1. The van der Waals surface area contributed by atoms with Crippen molar-refractivity contribution in [3.63, 3.8) is 0 Å². The molecule has 0 aromatic carbocycles. The predicted molar refractivity (Wildman–Crippen MR) is 145 cm³/mol. The van der Waals surface area contributed by atoms with E-state index in [-0.39, 0.29) is 11.9 Å². The summed E-state index contributed by atoms with van der Waals surface area (Å²) >= 11 is 0. The Hall–Kier alpha value is -0.890. The number of aliphatic hydroxyl groups is 1. The monoisotopic (exact) mass is 470 g/mol. The van der Waals surface area contributed by atoms with Crippen LogP contribution in [0.2, 0.25) is 0 Å². The summed E-state index contributed by atoms with van der Waals surface area (Å²) in [5.41, 5.74) is 3.22. The molecule has 0 aliphatic heterocycles. The molecule has 8 atom stereocenters. The third-order valence-electron chi connectivity index (χ3n) is 10.9. The largest absolute Gasteiger partial charge is 0.393 e. The molecule has 194 valence electrons. The number of ketones is 1. The van der Waals surface area contributed by atoms with Gasteiger partial charge in [0.15, 0.2) is 5.78 Å². The molecule has 0 saturated heterocycles. The van der Waals surface area contributed by atoms with Crippen LogP contribution in [0.1, 0.15) is 119 Å². The van der Waals surface area contributed by atoms with Crippen molar-refractivity contribution < 1.29 is 9.90 Å². The lowest BCUT2D eigenvalue weighted by Crippen LogP contribution is -2.50. The van der Waals surface area contributed by atoms with E-state index < -0.39 is 0 Å². The average Bonchev–Trinajstić information content (AvgIpc) is 3.11. The zero-order valence-corrected chi connectivity index (χ0v) is 23.5. The molecule has 2 nitrogen and oxygen atoms in total. The van der Waals surface area contributed by atoms with Gasteiger partial charge in [0.05, 0.1) is 6.10 Å². The smallest absolute Gasteiger partial charge is 0.154 e. The van der Waals surface area contributed by atoms with Gasteiger partial charge in [-0.3, -0.25) is 4.79 Å². The molecule has 1 N–H and O–H groups in total. The van der Waals surface area contributed by atoms with Crippen LogP contribution >= 0.6 is 0 Å². The third-order valence-corrected chi connectivity index (χ3v) is 10.9. The van der Waals surface area contributed by atoms with Crippen LogP contribution in [-0.4, -0.2) is 17.0 Å². The van der Waals surface area contributed by atoms with E-state index in [1.54, 1.807) is 12.5 Å². The minimum absolute atomic E-state index is 0.0648. The molecule has 4 aliphatic rings. The van der Waals surface area contributed by atoms with Crippen LogP contribution in [0.25, 0.3) is 0 Å². The summed E-state index contributed by atoms with van der Waals surface area (Å²) in [6, 6.07) is 0. The summed E-state index contributed by atoms with van der Waals surface area (Å²) in [6.07, 6.45) is 17.2. The van der Waals surface area contributed by atoms with Crippen LogP contribution in [0, 0.1) is 46.3 Å². The number of hydrogen-bond acceptors (Lipinski definition) is 2. The van der Waals surface area contributed by atoms with Crippen LogP contribution in [0.15, 0.2) is 23.8 Å². The van der Waals surface area contributed by atoms with Crippen molar-refractivity contribution in [3.05, 3.63) is 23.8 Å². The van der Waals surface area contributed by atoms with Crippen molar-refractivity contribution in [2.75, 3.05) is 0 Å². The van der Waals surface area contributed by atoms with Gasteiger partial charge in [0.25, 0.3) is 0 Å². The Balaban J connectivity index is 0.000000481. The van der Waals surface area contributed by atoms with Gasteiger partial charge in [-0.1, -0.05) is 72.1 Å². The molecule has 0 radical (unpaired) electrons. The van der Waals surface area contributed by atoms with Crippen LogP contribution in [0.3, 0.4) is 0 Å². The van der Waals surface area contributed by atoms with Gasteiger partial charge in [0.1, 0.15) is 0 Å². The minimum atomic E-state index is -0.0766. The van der Waals surface area contributed by atoms with E-state index in [4.69, 9.17) is 0 Å². The zero-order chi connectivity index (χ0) is 25.3. The second-order valence-electron chi connectivity index (χ2n) is 13.5. The zero-order valence-electron chi connectivity index (χ0n) is 23.5. The number of hydrogen-bond donors (Lipinski definition) is 1. The number of Topliss-reactive ketones (excluding diaryl/α,β-unsaturated/α-hetero) is 1. The minimum Gasteiger partial charge on any atom is -0.393 e. The van der Waals surface area contributed by atoms with E-state index in [0.29, 0.717) is 16.4 Å². The molecule has 2 heteroatoms. The summed E-state index contributed by atoms with van der Waals surface area (Å²) in [7, 11) is 0. The summed E-state index contributed by atoms with van der Waals surface area (Å²) in [5, 5.41) is 10.2. The van der Waals surface area contributed by atoms with Gasteiger partial charge in [-0.05, 0) is 117 Å². The highest BCUT2D eigenvalue weighted by Crippen LogP contribution is 2.67. The highest BCUT2D eigenvalue weighted by Gasteiger charge is 2.59. The topological polar surface area (TPSA) is 37.3 Å². The van der Waals surface area contributed by atoms with E-state index in [1.807, 2.05) is 0 Å². The quantitative estimate of drug-likeness (QED) is 0.312. The van der Waals surface area contributed by atoms with Crippen LogP contribution in [0.5, 0.6) is 0 Å². The maximum Gasteiger partial charge on any atom is 0.154 e. The Kier molecular flexibility index (Phi) is 8.97. The van der Waals surface area contributed by atoms with Crippen LogP contribution < -0.4 is 0 Å². The standard InChI is InChI=1S/C27H46O.C5H8O/c1-18(2)7-6-8-19(3)23-11-12-24-22-10-9-20-17-21(28)13-15-26(20,4)25(22)14-16-27(23,24)5;1-4(2)5(3)6/h9,18-19,21-25,28H,6-8,10-17H2,1-5H3;1H2,2-3H3. The molecule has 4 aliphatic carbocycles. The molecule has 0 aromatic rings. The maximum absolute atomic E-state index is 10.2. The van der Waals surface area contributed by atoms with E-state index >= 15 is 0 Å². The summed E-state index contributed by atoms with van der Waals surface area (Å²) in [6.45, 7) is 19.2. The van der Waals surface area contributed by atoms with Gasteiger partial charge in [0, 0.05) is 0 Å². The third kappa shape index (κ3) is 5.58. The lowest BCUT2D eigenvalue weighted by atomic mass is 9.47. The first-order chi connectivity index (χ1) is 15.9. The summed E-state index contributed by atoms with van der Waals surface area (Å²) < 4.78 is 0. The van der Waals surface area contributed by atoms with Crippen molar-refractivity contribution in [2.24, 2.45) is 46.3 Å². The van der Waals surface area contributed by atoms with Gasteiger partial charge in [-0.25, -0.2) is 0 Å². The van der Waals surface area contributed by atoms with Crippen molar-refractivity contribution in [1.82, 2.24) is 0 Å². The van der Waals surface area contributed by atoms with Gasteiger partial charge in [-0.2, -0.15) is 0 Å². The molecular weight excluding hydrogens is 416 g/mol. The van der Waals surface area contributed by atoms with Gasteiger partial charge in [-0.15, -0.1) is 0 Å². The number of carbonyl (C=O) groups is 1. The number of carbonyl (C=O) groups excluding carboxylic acids is 1.